The van der Waals surface area contributed by atoms with E-state index in [-0.39, 0.29) is 5.92 Å². The molecule has 0 saturated carbocycles. The van der Waals surface area contributed by atoms with Gasteiger partial charge in [0.15, 0.2) is 0 Å². The van der Waals surface area contributed by atoms with Crippen LogP contribution in [0.3, 0.4) is 0 Å². The highest BCUT2D eigenvalue weighted by molar-refractivity contribution is 7.12. The molecule has 0 aliphatic carbocycles. The summed E-state index contributed by atoms with van der Waals surface area (Å²) >= 11 is 1.66. The molecule has 1 heterocycles. The number of hydrogen-bond acceptors (Lipinski definition) is 4. The summed E-state index contributed by atoms with van der Waals surface area (Å²) in [5.41, 5.74) is 6.93. The molecule has 2 unspecified atom stereocenters. The van der Waals surface area contributed by atoms with E-state index in [1.54, 1.807) is 11.3 Å². The summed E-state index contributed by atoms with van der Waals surface area (Å²) in [6.45, 7) is 5.14. The van der Waals surface area contributed by atoms with Crippen molar-refractivity contribution in [3.05, 3.63) is 51.7 Å². The van der Waals surface area contributed by atoms with Crippen molar-refractivity contribution in [3.8, 4) is 5.75 Å². The van der Waals surface area contributed by atoms with Gasteiger partial charge >= 0.3 is 0 Å². The molecule has 0 saturated heterocycles. The highest BCUT2D eigenvalue weighted by atomic mass is 32.1. The van der Waals surface area contributed by atoms with Gasteiger partial charge in [-0.3, -0.25) is 0 Å². The average molecular weight is 305 g/mol. The third-order valence-electron chi connectivity index (χ3n) is 3.58. The van der Waals surface area contributed by atoms with E-state index in [9.17, 15) is 5.11 Å². The molecule has 4 heteroatoms. The highest BCUT2D eigenvalue weighted by Crippen LogP contribution is 2.34. The Hall–Kier alpha value is -1.36. The second kappa shape index (κ2) is 7.59. The lowest BCUT2D eigenvalue weighted by Crippen LogP contribution is -2.19. The summed E-state index contributed by atoms with van der Waals surface area (Å²) in [5.74, 6) is 0.750. The molecule has 2 rings (SSSR count). The first-order valence-electron chi connectivity index (χ1n) is 7.39. The van der Waals surface area contributed by atoms with E-state index in [0.29, 0.717) is 13.2 Å². The molecule has 0 radical (unpaired) electrons. The van der Waals surface area contributed by atoms with Crippen LogP contribution in [-0.4, -0.2) is 18.3 Å². The molecule has 2 aromatic rings. The van der Waals surface area contributed by atoms with Gasteiger partial charge in [0.05, 0.1) is 12.7 Å². The summed E-state index contributed by atoms with van der Waals surface area (Å²) in [6.07, 6.45) is 0.437. The molecular formula is C17H23NO2S. The zero-order valence-electron chi connectivity index (χ0n) is 12.6. The maximum absolute atomic E-state index is 10.6. The molecule has 1 aromatic carbocycles. The Kier molecular flexibility index (Phi) is 5.79. The van der Waals surface area contributed by atoms with Gasteiger partial charge in [0.25, 0.3) is 0 Å². The topological polar surface area (TPSA) is 55.5 Å². The standard InChI is InChI=1S/C17H23NO2S/c1-3-14-9-10-16(21-14)17(19)15(11-18)12-5-7-13(8-6-12)20-4-2/h5-10,15,17,19H,3-4,11,18H2,1-2H3. The van der Waals surface area contributed by atoms with Gasteiger partial charge in [-0.2, -0.15) is 0 Å². The minimum atomic E-state index is -0.557. The number of aliphatic hydroxyl groups is 1. The molecule has 21 heavy (non-hydrogen) atoms. The zero-order chi connectivity index (χ0) is 15.2. The molecule has 3 nitrogen and oxygen atoms in total. The summed E-state index contributed by atoms with van der Waals surface area (Å²) in [6, 6.07) is 11.9. The number of nitrogens with two attached hydrogens (primary N) is 1. The summed E-state index contributed by atoms with van der Waals surface area (Å²) in [5, 5.41) is 10.6. The number of ether oxygens (including phenoxy) is 1. The molecule has 2 atom stereocenters. The molecular weight excluding hydrogens is 282 g/mol. The Morgan fingerprint density at radius 3 is 2.38 bits per heavy atom. The number of thiophene rings is 1. The maximum Gasteiger partial charge on any atom is 0.119 e. The van der Waals surface area contributed by atoms with Gasteiger partial charge in [-0.1, -0.05) is 19.1 Å². The highest BCUT2D eigenvalue weighted by Gasteiger charge is 2.23. The molecule has 0 aliphatic heterocycles. The van der Waals surface area contributed by atoms with Crippen LogP contribution < -0.4 is 10.5 Å². The molecule has 0 bridgehead atoms. The van der Waals surface area contributed by atoms with Crippen molar-refractivity contribution in [3.63, 3.8) is 0 Å². The molecule has 3 N–H and O–H groups in total. The van der Waals surface area contributed by atoms with Crippen LogP contribution >= 0.6 is 11.3 Å². The number of aliphatic hydroxyl groups excluding tert-OH is 1. The Balaban J connectivity index is 2.17. The second-order valence-corrected chi connectivity index (χ2v) is 6.15. The maximum atomic E-state index is 10.6. The number of rotatable bonds is 7. The van der Waals surface area contributed by atoms with E-state index in [2.05, 4.69) is 13.0 Å². The van der Waals surface area contributed by atoms with Crippen LogP contribution in [0.15, 0.2) is 36.4 Å². The summed E-state index contributed by atoms with van der Waals surface area (Å²) < 4.78 is 5.45. The van der Waals surface area contributed by atoms with Gasteiger partial charge < -0.3 is 15.6 Å². The van der Waals surface area contributed by atoms with Crippen molar-refractivity contribution in [2.75, 3.05) is 13.2 Å². The van der Waals surface area contributed by atoms with Crippen LogP contribution in [0.25, 0.3) is 0 Å². The second-order valence-electron chi connectivity index (χ2n) is 4.95. The average Bonchev–Trinajstić information content (AvgIpc) is 2.99. The minimum Gasteiger partial charge on any atom is -0.494 e. The first-order valence-corrected chi connectivity index (χ1v) is 8.20. The van der Waals surface area contributed by atoms with E-state index in [1.807, 2.05) is 37.3 Å². The first-order chi connectivity index (χ1) is 10.2. The summed E-state index contributed by atoms with van der Waals surface area (Å²) in [7, 11) is 0. The lowest BCUT2D eigenvalue weighted by Gasteiger charge is -2.21. The predicted molar refractivity (Wildman–Crippen MR) is 88.1 cm³/mol. The lowest BCUT2D eigenvalue weighted by atomic mass is 9.92. The molecule has 0 fully saturated rings. The van der Waals surface area contributed by atoms with E-state index >= 15 is 0 Å². The normalized spacial score (nSPS) is 13.9. The number of hydrogen-bond donors (Lipinski definition) is 2. The monoisotopic (exact) mass is 305 g/mol. The van der Waals surface area contributed by atoms with E-state index in [1.165, 1.54) is 4.88 Å². The van der Waals surface area contributed by atoms with Crippen molar-refractivity contribution >= 4 is 11.3 Å². The number of benzene rings is 1. The fourth-order valence-electron chi connectivity index (χ4n) is 2.37. The smallest absolute Gasteiger partial charge is 0.119 e. The third kappa shape index (κ3) is 3.84. The molecule has 0 spiro atoms. The van der Waals surface area contributed by atoms with Crippen LogP contribution in [0.1, 0.15) is 41.2 Å². The largest absolute Gasteiger partial charge is 0.494 e. The van der Waals surface area contributed by atoms with Gasteiger partial charge in [0.1, 0.15) is 5.75 Å². The fourth-order valence-corrected chi connectivity index (χ4v) is 3.37. The van der Waals surface area contributed by atoms with Crippen LogP contribution in [0.4, 0.5) is 0 Å². The molecule has 0 amide bonds. The predicted octanol–water partition coefficient (Wildman–Crippen LogP) is 3.49. The van der Waals surface area contributed by atoms with Gasteiger partial charge in [-0.05, 0) is 43.2 Å². The van der Waals surface area contributed by atoms with E-state index < -0.39 is 6.10 Å². The Labute approximate surface area is 130 Å². The zero-order valence-corrected chi connectivity index (χ0v) is 13.4. The minimum absolute atomic E-state index is 0.0935. The quantitative estimate of drug-likeness (QED) is 0.823. The first kappa shape index (κ1) is 16.0. The van der Waals surface area contributed by atoms with Crippen molar-refractivity contribution in [2.45, 2.75) is 32.3 Å². The van der Waals surface area contributed by atoms with Crippen LogP contribution in [-0.2, 0) is 6.42 Å². The van der Waals surface area contributed by atoms with Gasteiger partial charge in [-0.25, -0.2) is 0 Å². The van der Waals surface area contributed by atoms with Gasteiger partial charge in [0, 0.05) is 22.2 Å². The summed E-state index contributed by atoms with van der Waals surface area (Å²) in [4.78, 5) is 2.27. The van der Waals surface area contributed by atoms with Crippen molar-refractivity contribution in [2.24, 2.45) is 5.73 Å². The fraction of sp³-hybridized carbons (Fsp3) is 0.412. The van der Waals surface area contributed by atoms with Crippen LogP contribution in [0.2, 0.25) is 0 Å². The Morgan fingerprint density at radius 1 is 1.14 bits per heavy atom. The molecule has 114 valence electrons. The van der Waals surface area contributed by atoms with E-state index in [4.69, 9.17) is 10.5 Å². The lowest BCUT2D eigenvalue weighted by molar-refractivity contribution is 0.151. The SMILES string of the molecule is CCOc1ccc(C(CN)C(O)c2ccc(CC)s2)cc1. The Bertz CT molecular complexity index is 550. The molecule has 1 aromatic heterocycles. The van der Waals surface area contributed by atoms with Crippen molar-refractivity contribution in [1.82, 2.24) is 0 Å². The molecule has 0 aliphatic rings. The van der Waals surface area contributed by atoms with E-state index in [0.717, 1.165) is 22.6 Å². The van der Waals surface area contributed by atoms with Crippen molar-refractivity contribution in [1.29, 1.82) is 0 Å². The van der Waals surface area contributed by atoms with Crippen LogP contribution in [0, 0.1) is 0 Å². The number of aryl methyl sites for hydroxylation is 1. The Morgan fingerprint density at radius 2 is 1.86 bits per heavy atom. The van der Waals surface area contributed by atoms with Crippen LogP contribution in [0.5, 0.6) is 5.75 Å². The van der Waals surface area contributed by atoms with Crippen molar-refractivity contribution < 1.29 is 9.84 Å². The van der Waals surface area contributed by atoms with Gasteiger partial charge in [0.2, 0.25) is 0 Å². The van der Waals surface area contributed by atoms with Gasteiger partial charge in [-0.15, -0.1) is 11.3 Å². The third-order valence-corrected chi connectivity index (χ3v) is 4.88.